The van der Waals surface area contributed by atoms with Crippen LogP contribution in [0, 0.1) is 11.8 Å². The van der Waals surface area contributed by atoms with Crippen LogP contribution in [-0.2, 0) is 0 Å². The van der Waals surface area contributed by atoms with E-state index in [1.165, 1.54) is 38.8 Å². The summed E-state index contributed by atoms with van der Waals surface area (Å²) in [5, 5.41) is 4.37. The molecule has 14 heavy (non-hydrogen) atoms. The van der Waals surface area contributed by atoms with Crippen LogP contribution < -0.4 is 5.32 Å². The first-order valence-corrected chi connectivity index (χ1v) is 7.26. The standard InChI is InChI=1S/C12H25NS/c1-10-6-4-5-7-12(10)9-13-8-11(2)14-3/h10-13H,4-9H2,1-3H3. The van der Waals surface area contributed by atoms with E-state index in [9.17, 15) is 0 Å². The fourth-order valence-electron chi connectivity index (χ4n) is 2.25. The lowest BCUT2D eigenvalue weighted by Gasteiger charge is -2.29. The van der Waals surface area contributed by atoms with Crippen LogP contribution >= 0.6 is 11.8 Å². The van der Waals surface area contributed by atoms with E-state index >= 15 is 0 Å². The molecule has 0 aromatic rings. The molecule has 3 unspecified atom stereocenters. The lowest BCUT2D eigenvalue weighted by molar-refractivity contribution is 0.248. The van der Waals surface area contributed by atoms with Gasteiger partial charge in [-0.3, -0.25) is 0 Å². The van der Waals surface area contributed by atoms with E-state index in [0.717, 1.165) is 17.1 Å². The highest BCUT2D eigenvalue weighted by Gasteiger charge is 2.20. The minimum atomic E-state index is 0.758. The van der Waals surface area contributed by atoms with Gasteiger partial charge in [0.25, 0.3) is 0 Å². The second-order valence-electron chi connectivity index (χ2n) is 4.73. The molecule has 3 atom stereocenters. The third-order valence-electron chi connectivity index (χ3n) is 3.53. The van der Waals surface area contributed by atoms with Crippen molar-refractivity contribution in [3.63, 3.8) is 0 Å². The zero-order chi connectivity index (χ0) is 10.4. The minimum absolute atomic E-state index is 0.758. The van der Waals surface area contributed by atoms with Crippen LogP contribution in [0.1, 0.15) is 39.5 Å². The summed E-state index contributed by atoms with van der Waals surface area (Å²) in [6.45, 7) is 7.13. The molecular formula is C12H25NS. The highest BCUT2D eigenvalue weighted by atomic mass is 32.2. The number of rotatable bonds is 5. The van der Waals surface area contributed by atoms with Crippen LogP contribution in [0.4, 0.5) is 0 Å². The first-order chi connectivity index (χ1) is 6.74. The molecule has 0 aromatic heterocycles. The van der Waals surface area contributed by atoms with Crippen molar-refractivity contribution < 1.29 is 0 Å². The Morgan fingerprint density at radius 3 is 2.71 bits per heavy atom. The maximum absolute atomic E-state index is 3.62. The molecule has 0 amide bonds. The first kappa shape index (κ1) is 12.4. The third-order valence-corrected chi connectivity index (χ3v) is 4.50. The predicted octanol–water partition coefficient (Wildman–Crippen LogP) is 3.15. The molecule has 0 spiro atoms. The second kappa shape index (κ2) is 6.73. The van der Waals surface area contributed by atoms with Crippen molar-refractivity contribution in [3.05, 3.63) is 0 Å². The highest BCUT2D eigenvalue weighted by molar-refractivity contribution is 7.99. The zero-order valence-electron chi connectivity index (χ0n) is 9.88. The van der Waals surface area contributed by atoms with Gasteiger partial charge in [-0.25, -0.2) is 0 Å². The number of hydrogen-bond donors (Lipinski definition) is 1. The van der Waals surface area contributed by atoms with Crippen LogP contribution in [0.25, 0.3) is 0 Å². The van der Waals surface area contributed by atoms with Gasteiger partial charge in [-0.2, -0.15) is 11.8 Å². The first-order valence-electron chi connectivity index (χ1n) is 5.97. The lowest BCUT2D eigenvalue weighted by atomic mass is 9.80. The fraction of sp³-hybridized carbons (Fsp3) is 1.00. The molecule has 1 saturated carbocycles. The van der Waals surface area contributed by atoms with Gasteiger partial charge in [0.05, 0.1) is 0 Å². The Labute approximate surface area is 93.4 Å². The number of nitrogens with one attached hydrogen (secondary N) is 1. The van der Waals surface area contributed by atoms with Crippen molar-refractivity contribution in [2.45, 2.75) is 44.8 Å². The third kappa shape index (κ3) is 4.22. The van der Waals surface area contributed by atoms with Gasteiger partial charge in [-0.1, -0.05) is 33.1 Å². The molecule has 1 aliphatic rings. The summed E-state index contributed by atoms with van der Waals surface area (Å²) in [4.78, 5) is 0. The van der Waals surface area contributed by atoms with Crippen molar-refractivity contribution in [2.24, 2.45) is 11.8 Å². The summed E-state index contributed by atoms with van der Waals surface area (Å²) < 4.78 is 0. The van der Waals surface area contributed by atoms with Crippen molar-refractivity contribution in [3.8, 4) is 0 Å². The molecule has 0 heterocycles. The maximum Gasteiger partial charge on any atom is 0.0141 e. The molecule has 84 valence electrons. The monoisotopic (exact) mass is 215 g/mol. The summed E-state index contributed by atoms with van der Waals surface area (Å²) in [5.41, 5.74) is 0. The summed E-state index contributed by atoms with van der Waals surface area (Å²) >= 11 is 1.95. The summed E-state index contributed by atoms with van der Waals surface area (Å²) in [5.74, 6) is 1.89. The Balaban J connectivity index is 2.10. The van der Waals surface area contributed by atoms with Crippen molar-refractivity contribution >= 4 is 11.8 Å². The van der Waals surface area contributed by atoms with Crippen LogP contribution in [0.3, 0.4) is 0 Å². The van der Waals surface area contributed by atoms with E-state index in [1.54, 1.807) is 0 Å². The van der Waals surface area contributed by atoms with E-state index in [-0.39, 0.29) is 0 Å². The van der Waals surface area contributed by atoms with Gasteiger partial charge in [0.1, 0.15) is 0 Å². The summed E-state index contributed by atoms with van der Waals surface area (Å²) in [6.07, 6.45) is 8.00. The fourth-order valence-corrected chi connectivity index (χ4v) is 2.54. The molecule has 1 nitrogen and oxygen atoms in total. The van der Waals surface area contributed by atoms with Gasteiger partial charge < -0.3 is 5.32 Å². The average molecular weight is 215 g/mol. The molecule has 0 aromatic carbocycles. The summed E-state index contributed by atoms with van der Waals surface area (Å²) in [6, 6.07) is 0. The molecule has 0 bridgehead atoms. The second-order valence-corrected chi connectivity index (χ2v) is 6.00. The van der Waals surface area contributed by atoms with Crippen molar-refractivity contribution in [2.75, 3.05) is 19.3 Å². The smallest absolute Gasteiger partial charge is 0.0141 e. The Kier molecular flexibility index (Phi) is 5.95. The maximum atomic E-state index is 3.62. The minimum Gasteiger partial charge on any atom is -0.315 e. The molecule has 1 aliphatic carbocycles. The molecule has 0 aliphatic heterocycles. The van der Waals surface area contributed by atoms with Gasteiger partial charge in [-0.05, 0) is 31.1 Å². The molecular weight excluding hydrogens is 190 g/mol. The Hall–Kier alpha value is 0.310. The van der Waals surface area contributed by atoms with Gasteiger partial charge in [0.2, 0.25) is 0 Å². The van der Waals surface area contributed by atoms with E-state index in [0.29, 0.717) is 0 Å². The van der Waals surface area contributed by atoms with Crippen LogP contribution in [0.5, 0.6) is 0 Å². The van der Waals surface area contributed by atoms with Gasteiger partial charge in [-0.15, -0.1) is 0 Å². The lowest BCUT2D eigenvalue weighted by Crippen LogP contribution is -2.32. The van der Waals surface area contributed by atoms with Crippen molar-refractivity contribution in [1.82, 2.24) is 5.32 Å². The van der Waals surface area contributed by atoms with Crippen LogP contribution in [-0.4, -0.2) is 24.6 Å². The van der Waals surface area contributed by atoms with Gasteiger partial charge >= 0.3 is 0 Å². The van der Waals surface area contributed by atoms with Gasteiger partial charge in [0, 0.05) is 11.8 Å². The van der Waals surface area contributed by atoms with E-state index in [4.69, 9.17) is 0 Å². The molecule has 0 radical (unpaired) electrons. The normalized spacial score (nSPS) is 30.2. The topological polar surface area (TPSA) is 12.0 Å². The van der Waals surface area contributed by atoms with Crippen molar-refractivity contribution in [1.29, 1.82) is 0 Å². The van der Waals surface area contributed by atoms with Crippen LogP contribution in [0.15, 0.2) is 0 Å². The average Bonchev–Trinajstić information content (AvgIpc) is 2.20. The summed E-state index contributed by atoms with van der Waals surface area (Å²) in [7, 11) is 0. The molecule has 1 N–H and O–H groups in total. The van der Waals surface area contributed by atoms with E-state index < -0.39 is 0 Å². The Morgan fingerprint density at radius 1 is 1.36 bits per heavy atom. The molecule has 0 saturated heterocycles. The SMILES string of the molecule is CSC(C)CNCC1CCCCC1C. The van der Waals surface area contributed by atoms with Gasteiger partial charge in [0.15, 0.2) is 0 Å². The molecule has 1 rings (SSSR count). The predicted molar refractivity (Wildman–Crippen MR) is 67.0 cm³/mol. The number of hydrogen-bond acceptors (Lipinski definition) is 2. The Bertz CT molecular complexity index is 149. The highest BCUT2D eigenvalue weighted by Crippen LogP contribution is 2.28. The zero-order valence-corrected chi connectivity index (χ0v) is 10.7. The quantitative estimate of drug-likeness (QED) is 0.756. The number of thioether (sulfide) groups is 1. The van der Waals surface area contributed by atoms with E-state index in [2.05, 4.69) is 25.4 Å². The molecule has 1 fully saturated rings. The Morgan fingerprint density at radius 2 is 2.07 bits per heavy atom. The largest absolute Gasteiger partial charge is 0.315 e. The van der Waals surface area contributed by atoms with Crippen LogP contribution in [0.2, 0.25) is 0 Å². The van der Waals surface area contributed by atoms with E-state index in [1.807, 2.05) is 11.8 Å². The molecule has 2 heteroatoms.